The Bertz CT molecular complexity index is 632. The minimum absolute atomic E-state index is 0.155. The first-order chi connectivity index (χ1) is 10.7. The Hall–Kier alpha value is -2.10. The molecule has 0 radical (unpaired) electrons. The molecule has 0 atom stereocenters. The first kappa shape index (κ1) is 18.9. The number of hydrogen-bond acceptors (Lipinski definition) is 5. The van der Waals surface area contributed by atoms with Crippen LogP contribution >= 0.6 is 11.8 Å². The first-order valence-corrected chi connectivity index (χ1v) is 7.26. The van der Waals surface area contributed by atoms with Gasteiger partial charge in [0.1, 0.15) is 12.1 Å². The number of carbonyl (C=O) groups excluding carboxylic acids is 2. The van der Waals surface area contributed by atoms with E-state index in [0.29, 0.717) is 6.07 Å². The molecule has 1 aromatic rings. The van der Waals surface area contributed by atoms with Gasteiger partial charge in [0.25, 0.3) is 0 Å². The monoisotopic (exact) mass is 352 g/mol. The Labute approximate surface area is 133 Å². The number of benzene rings is 1. The lowest BCUT2D eigenvalue weighted by molar-refractivity contribution is -0.143. The molecule has 0 bridgehead atoms. The number of rotatable bonds is 3. The Kier molecular flexibility index (Phi) is 6.55. The summed E-state index contributed by atoms with van der Waals surface area (Å²) < 4.78 is 56.0. The number of ether oxygens (including phenoxy) is 1. The second kappa shape index (κ2) is 7.95. The summed E-state index contributed by atoms with van der Waals surface area (Å²) >= 11 is 0.868. The summed E-state index contributed by atoms with van der Waals surface area (Å²) in [6.45, 7) is 0. The van der Waals surface area contributed by atoms with E-state index in [1.165, 1.54) is 6.26 Å². The summed E-state index contributed by atoms with van der Waals surface area (Å²) in [5.74, 6) is -3.13. The van der Waals surface area contributed by atoms with Crippen molar-refractivity contribution in [2.24, 2.45) is 4.99 Å². The molecule has 1 aromatic carbocycles. The van der Waals surface area contributed by atoms with Crippen molar-refractivity contribution in [1.82, 2.24) is 5.32 Å². The third-order valence-electron chi connectivity index (χ3n) is 2.48. The molecule has 0 unspecified atom stereocenters. The molecule has 0 saturated carbocycles. The Morgan fingerprint density at radius 3 is 2.52 bits per heavy atom. The zero-order valence-corrected chi connectivity index (χ0v) is 12.8. The molecule has 0 aliphatic heterocycles. The van der Waals surface area contributed by atoms with Crippen LogP contribution in [0.1, 0.15) is 12.0 Å². The van der Waals surface area contributed by atoms with Crippen LogP contribution in [0.3, 0.4) is 0 Å². The van der Waals surface area contributed by atoms with Crippen LogP contribution in [-0.2, 0) is 20.5 Å². The molecular weight excluding hydrogens is 340 g/mol. The molecule has 126 valence electrons. The third kappa shape index (κ3) is 5.55. The average molecular weight is 352 g/mol. The fourth-order valence-electron chi connectivity index (χ4n) is 1.43. The molecule has 0 aliphatic rings. The zero-order chi connectivity index (χ0) is 17.6. The lowest BCUT2D eigenvalue weighted by Crippen LogP contribution is -2.30. The number of thioether (sulfide) groups is 1. The van der Waals surface area contributed by atoms with Gasteiger partial charge in [-0.3, -0.25) is 9.59 Å². The van der Waals surface area contributed by atoms with Crippen molar-refractivity contribution in [3.05, 3.63) is 29.6 Å². The number of methoxy groups -OCH3 is 1. The van der Waals surface area contributed by atoms with Crippen molar-refractivity contribution < 1.29 is 31.9 Å². The SMILES string of the molecule is COC(=O)CC(=O)N/C(=N\c1cccc(C(F)(F)F)c1F)SC. The maximum Gasteiger partial charge on any atom is 0.419 e. The van der Waals surface area contributed by atoms with Gasteiger partial charge in [0.05, 0.1) is 12.7 Å². The number of amides is 1. The number of amidine groups is 1. The summed E-state index contributed by atoms with van der Waals surface area (Å²) in [5.41, 5.74) is -2.04. The summed E-state index contributed by atoms with van der Waals surface area (Å²) in [7, 11) is 1.09. The van der Waals surface area contributed by atoms with Gasteiger partial charge in [-0.05, 0) is 18.4 Å². The van der Waals surface area contributed by atoms with E-state index in [9.17, 15) is 27.2 Å². The number of alkyl halides is 3. The minimum atomic E-state index is -4.86. The Balaban J connectivity index is 3.03. The van der Waals surface area contributed by atoms with Crippen molar-refractivity contribution in [2.45, 2.75) is 12.6 Å². The van der Waals surface area contributed by atoms with E-state index in [0.717, 1.165) is 31.0 Å². The van der Waals surface area contributed by atoms with Gasteiger partial charge in [-0.25, -0.2) is 9.38 Å². The summed E-state index contributed by atoms with van der Waals surface area (Å²) in [5, 5.41) is 2.04. The lowest BCUT2D eigenvalue weighted by atomic mass is 10.2. The second-order valence-corrected chi connectivity index (χ2v) is 4.85. The molecule has 0 fully saturated rings. The topological polar surface area (TPSA) is 67.8 Å². The molecule has 0 spiro atoms. The molecule has 1 N–H and O–H groups in total. The fraction of sp³-hybridized carbons (Fsp3) is 0.308. The fourth-order valence-corrected chi connectivity index (χ4v) is 1.83. The van der Waals surface area contributed by atoms with Crippen molar-refractivity contribution in [2.75, 3.05) is 13.4 Å². The molecule has 23 heavy (non-hydrogen) atoms. The number of aliphatic imine (C=N–C) groups is 1. The minimum Gasteiger partial charge on any atom is -0.469 e. The van der Waals surface area contributed by atoms with Crippen LogP contribution in [0.2, 0.25) is 0 Å². The van der Waals surface area contributed by atoms with Crippen LogP contribution in [-0.4, -0.2) is 30.4 Å². The highest BCUT2D eigenvalue weighted by molar-refractivity contribution is 8.13. The van der Waals surface area contributed by atoms with E-state index < -0.39 is 41.5 Å². The Morgan fingerprint density at radius 1 is 1.35 bits per heavy atom. The van der Waals surface area contributed by atoms with Crippen LogP contribution in [0.4, 0.5) is 23.2 Å². The van der Waals surface area contributed by atoms with E-state index in [1.54, 1.807) is 0 Å². The van der Waals surface area contributed by atoms with E-state index in [-0.39, 0.29) is 5.17 Å². The molecule has 1 rings (SSSR count). The van der Waals surface area contributed by atoms with Gasteiger partial charge < -0.3 is 10.1 Å². The van der Waals surface area contributed by atoms with E-state index in [1.807, 2.05) is 0 Å². The van der Waals surface area contributed by atoms with Gasteiger partial charge in [0, 0.05) is 0 Å². The van der Waals surface area contributed by atoms with Gasteiger partial charge in [0.2, 0.25) is 5.91 Å². The maximum atomic E-state index is 13.8. The van der Waals surface area contributed by atoms with Crippen molar-refractivity contribution in [3.8, 4) is 0 Å². The van der Waals surface area contributed by atoms with Crippen molar-refractivity contribution in [3.63, 3.8) is 0 Å². The molecule has 0 aliphatic carbocycles. The molecule has 0 aromatic heterocycles. The maximum absolute atomic E-state index is 13.8. The molecule has 10 heteroatoms. The van der Waals surface area contributed by atoms with Gasteiger partial charge in [-0.15, -0.1) is 0 Å². The number of hydrogen-bond donors (Lipinski definition) is 1. The highest BCUT2D eigenvalue weighted by Gasteiger charge is 2.34. The summed E-state index contributed by atoms with van der Waals surface area (Å²) in [6.07, 6.45) is -3.98. The van der Waals surface area contributed by atoms with E-state index >= 15 is 0 Å². The van der Waals surface area contributed by atoms with E-state index in [4.69, 9.17) is 0 Å². The molecule has 1 amide bonds. The Morgan fingerprint density at radius 2 is 2.00 bits per heavy atom. The van der Waals surface area contributed by atoms with E-state index in [2.05, 4.69) is 15.0 Å². The van der Waals surface area contributed by atoms with Crippen LogP contribution < -0.4 is 5.32 Å². The smallest absolute Gasteiger partial charge is 0.419 e. The van der Waals surface area contributed by atoms with Crippen LogP contribution in [0.25, 0.3) is 0 Å². The van der Waals surface area contributed by atoms with Crippen LogP contribution in [0.15, 0.2) is 23.2 Å². The van der Waals surface area contributed by atoms with Gasteiger partial charge in [-0.1, -0.05) is 17.8 Å². The number of nitrogens with zero attached hydrogens (tertiary/aromatic N) is 1. The number of nitrogens with one attached hydrogen (secondary N) is 1. The molecule has 0 heterocycles. The quantitative estimate of drug-likeness (QED) is 0.299. The third-order valence-corrected chi connectivity index (χ3v) is 3.06. The number of esters is 1. The highest BCUT2D eigenvalue weighted by atomic mass is 32.2. The number of carbonyl (C=O) groups is 2. The second-order valence-electron chi connectivity index (χ2n) is 4.06. The highest BCUT2D eigenvalue weighted by Crippen LogP contribution is 2.34. The van der Waals surface area contributed by atoms with Gasteiger partial charge in [-0.2, -0.15) is 13.2 Å². The standard InChI is InChI=1S/C13H12F4N2O3S/c1-22-10(21)6-9(20)19-12(23-2)18-8-5-3-4-7(11(8)14)13(15,16)17/h3-5H,6H2,1-2H3,(H,18,19,20). The summed E-state index contributed by atoms with van der Waals surface area (Å²) in [6, 6.07) is 2.62. The molecular formula is C13H12F4N2O3S. The van der Waals surface area contributed by atoms with Crippen LogP contribution in [0.5, 0.6) is 0 Å². The predicted molar refractivity (Wildman–Crippen MR) is 76.8 cm³/mol. The number of halogens is 4. The van der Waals surface area contributed by atoms with Gasteiger partial charge >= 0.3 is 12.1 Å². The summed E-state index contributed by atoms with van der Waals surface area (Å²) in [4.78, 5) is 26.1. The predicted octanol–water partition coefficient (Wildman–Crippen LogP) is 2.87. The largest absolute Gasteiger partial charge is 0.469 e. The van der Waals surface area contributed by atoms with Crippen molar-refractivity contribution >= 4 is 34.5 Å². The van der Waals surface area contributed by atoms with Crippen LogP contribution in [0, 0.1) is 5.82 Å². The van der Waals surface area contributed by atoms with Crippen molar-refractivity contribution in [1.29, 1.82) is 0 Å². The average Bonchev–Trinajstić information content (AvgIpc) is 2.46. The molecule has 0 saturated heterocycles. The first-order valence-electron chi connectivity index (χ1n) is 6.04. The molecule has 5 nitrogen and oxygen atoms in total. The zero-order valence-electron chi connectivity index (χ0n) is 12.0. The lowest BCUT2D eigenvalue weighted by Gasteiger charge is -2.10. The normalized spacial score (nSPS) is 12.0. The van der Waals surface area contributed by atoms with Gasteiger partial charge in [0.15, 0.2) is 11.0 Å².